The lowest BCUT2D eigenvalue weighted by atomic mass is 10.1. The number of carbonyl (C=O) groups excluding carboxylic acids is 1. The molecule has 2 aromatic rings. The minimum absolute atomic E-state index is 0.234. The zero-order valence-electron chi connectivity index (χ0n) is 17.8. The van der Waals surface area contributed by atoms with E-state index in [0.717, 1.165) is 11.1 Å². The summed E-state index contributed by atoms with van der Waals surface area (Å²) in [5.41, 5.74) is 2.65. The summed E-state index contributed by atoms with van der Waals surface area (Å²) in [6.07, 6.45) is 0.676. The lowest BCUT2D eigenvalue weighted by Crippen LogP contribution is -2.33. The van der Waals surface area contributed by atoms with Gasteiger partial charge in [-0.1, -0.05) is 37.6 Å². The molecule has 6 nitrogen and oxygen atoms in total. The second-order valence-electron chi connectivity index (χ2n) is 7.15. The van der Waals surface area contributed by atoms with Gasteiger partial charge < -0.3 is 14.2 Å². The van der Waals surface area contributed by atoms with Crippen LogP contribution in [0.25, 0.3) is 0 Å². The maximum Gasteiger partial charge on any atom is 0.291 e. The van der Waals surface area contributed by atoms with Gasteiger partial charge in [-0.25, -0.2) is 4.99 Å². The first kappa shape index (κ1) is 22.3. The van der Waals surface area contributed by atoms with Crippen molar-refractivity contribution in [3.8, 4) is 11.5 Å². The van der Waals surface area contributed by atoms with Crippen molar-refractivity contribution in [3.05, 3.63) is 59.2 Å². The van der Waals surface area contributed by atoms with Crippen LogP contribution in [0.4, 0.5) is 0 Å². The number of aryl methyl sites for hydroxylation is 1. The molecule has 0 fully saturated rings. The number of aliphatic imine (C=N–C) groups is 1. The molecule has 2 rings (SSSR count). The maximum atomic E-state index is 12.5. The number of ether oxygens (including phenoxy) is 3. The van der Waals surface area contributed by atoms with Crippen molar-refractivity contribution in [1.82, 2.24) is 5.32 Å². The van der Waals surface area contributed by atoms with E-state index >= 15 is 0 Å². The molecule has 0 aliphatic rings. The molecule has 0 bridgehead atoms. The standard InChI is InChI=1S/C23H30N2O4/c1-16(2)15-29-23(25-22(26)19-8-6-7-17(3)13-19)24-12-11-18-9-10-20(27-4)21(14-18)28-5/h6-10,13-14,16H,11-12,15H2,1-5H3,(H,24,25,26). The molecule has 29 heavy (non-hydrogen) atoms. The molecule has 0 aliphatic heterocycles. The van der Waals surface area contributed by atoms with E-state index in [1.165, 1.54) is 0 Å². The fourth-order valence-electron chi connectivity index (χ4n) is 2.65. The van der Waals surface area contributed by atoms with Gasteiger partial charge in [-0.15, -0.1) is 0 Å². The molecule has 0 atom stereocenters. The smallest absolute Gasteiger partial charge is 0.291 e. The number of methoxy groups -OCH3 is 2. The van der Waals surface area contributed by atoms with Gasteiger partial charge in [0, 0.05) is 12.1 Å². The van der Waals surface area contributed by atoms with Crippen LogP contribution in [0.2, 0.25) is 0 Å². The number of rotatable bonds is 8. The van der Waals surface area contributed by atoms with Gasteiger partial charge in [-0.3, -0.25) is 10.1 Å². The van der Waals surface area contributed by atoms with Crippen LogP contribution in [0.5, 0.6) is 11.5 Å². The van der Waals surface area contributed by atoms with Crippen molar-refractivity contribution >= 4 is 11.9 Å². The van der Waals surface area contributed by atoms with Crippen LogP contribution in [0.3, 0.4) is 0 Å². The van der Waals surface area contributed by atoms with Crippen LogP contribution in [0.1, 0.15) is 35.3 Å². The van der Waals surface area contributed by atoms with E-state index in [1.807, 2.05) is 57.2 Å². The summed E-state index contributed by atoms with van der Waals surface area (Å²) in [4.78, 5) is 17.0. The topological polar surface area (TPSA) is 69.2 Å². The Labute approximate surface area is 172 Å². The molecule has 1 amide bonds. The lowest BCUT2D eigenvalue weighted by molar-refractivity contribution is 0.0963. The third-order valence-corrected chi connectivity index (χ3v) is 4.16. The number of amidine groups is 1. The monoisotopic (exact) mass is 398 g/mol. The molecule has 2 aromatic carbocycles. The van der Waals surface area contributed by atoms with Crippen LogP contribution in [-0.2, 0) is 11.2 Å². The number of hydrogen-bond acceptors (Lipinski definition) is 5. The Morgan fingerprint density at radius 3 is 2.48 bits per heavy atom. The van der Waals surface area contributed by atoms with Crippen molar-refractivity contribution in [3.63, 3.8) is 0 Å². The van der Waals surface area contributed by atoms with Gasteiger partial charge >= 0.3 is 0 Å². The van der Waals surface area contributed by atoms with E-state index in [-0.39, 0.29) is 11.9 Å². The van der Waals surface area contributed by atoms with E-state index in [1.54, 1.807) is 20.3 Å². The van der Waals surface area contributed by atoms with Crippen molar-refractivity contribution in [2.75, 3.05) is 27.4 Å². The quantitative estimate of drug-likeness (QED) is 0.539. The van der Waals surface area contributed by atoms with E-state index < -0.39 is 0 Å². The first-order valence-electron chi connectivity index (χ1n) is 9.69. The molecular formula is C23H30N2O4. The Bertz CT molecular complexity index is 847. The molecule has 0 radical (unpaired) electrons. The average molecular weight is 399 g/mol. The van der Waals surface area contributed by atoms with Gasteiger partial charge in [0.25, 0.3) is 11.9 Å². The summed E-state index contributed by atoms with van der Waals surface area (Å²) in [7, 11) is 3.22. The second kappa shape index (κ2) is 11.1. The third kappa shape index (κ3) is 7.14. The number of nitrogens with one attached hydrogen (secondary N) is 1. The molecule has 0 heterocycles. The molecule has 6 heteroatoms. The Morgan fingerprint density at radius 1 is 1.07 bits per heavy atom. The Morgan fingerprint density at radius 2 is 1.83 bits per heavy atom. The molecular weight excluding hydrogens is 368 g/mol. The van der Waals surface area contributed by atoms with Crippen LogP contribution >= 0.6 is 0 Å². The van der Waals surface area contributed by atoms with Crippen LogP contribution in [0.15, 0.2) is 47.5 Å². The van der Waals surface area contributed by atoms with Crippen molar-refractivity contribution in [2.45, 2.75) is 27.2 Å². The van der Waals surface area contributed by atoms with Crippen molar-refractivity contribution in [2.24, 2.45) is 10.9 Å². The molecule has 0 saturated heterocycles. The van der Waals surface area contributed by atoms with Crippen LogP contribution in [0, 0.1) is 12.8 Å². The largest absolute Gasteiger partial charge is 0.493 e. The highest BCUT2D eigenvalue weighted by atomic mass is 16.5. The number of nitrogens with zero attached hydrogens (tertiary/aromatic N) is 1. The number of benzene rings is 2. The van der Waals surface area contributed by atoms with Crippen LogP contribution < -0.4 is 14.8 Å². The Balaban J connectivity index is 2.06. The van der Waals surface area contributed by atoms with Gasteiger partial charge in [-0.2, -0.15) is 0 Å². The first-order valence-corrected chi connectivity index (χ1v) is 9.69. The van der Waals surface area contributed by atoms with E-state index in [4.69, 9.17) is 14.2 Å². The normalized spacial score (nSPS) is 11.3. The molecule has 0 spiro atoms. The lowest BCUT2D eigenvalue weighted by Gasteiger charge is -2.13. The predicted octanol–water partition coefficient (Wildman–Crippen LogP) is 4.01. The second-order valence-corrected chi connectivity index (χ2v) is 7.15. The highest BCUT2D eigenvalue weighted by Crippen LogP contribution is 2.27. The highest BCUT2D eigenvalue weighted by Gasteiger charge is 2.11. The van der Waals surface area contributed by atoms with Crippen LogP contribution in [-0.4, -0.2) is 39.3 Å². The van der Waals surface area contributed by atoms with Gasteiger partial charge in [0.05, 0.1) is 20.8 Å². The van der Waals surface area contributed by atoms with Gasteiger partial charge in [0.15, 0.2) is 11.5 Å². The zero-order chi connectivity index (χ0) is 21.2. The van der Waals surface area contributed by atoms with E-state index in [2.05, 4.69) is 10.3 Å². The number of hydrogen-bond donors (Lipinski definition) is 1. The van der Waals surface area contributed by atoms with Gasteiger partial charge in [-0.05, 0) is 49.1 Å². The molecule has 1 N–H and O–H groups in total. The maximum absolute atomic E-state index is 12.5. The molecule has 0 saturated carbocycles. The Hall–Kier alpha value is -3.02. The van der Waals surface area contributed by atoms with Gasteiger partial charge in [0.2, 0.25) is 0 Å². The SMILES string of the molecule is COc1ccc(CCN=C(NC(=O)c2cccc(C)c2)OCC(C)C)cc1OC. The molecule has 0 aromatic heterocycles. The van der Waals surface area contributed by atoms with E-state index in [0.29, 0.717) is 42.6 Å². The minimum atomic E-state index is -0.234. The van der Waals surface area contributed by atoms with E-state index in [9.17, 15) is 4.79 Å². The fourth-order valence-corrected chi connectivity index (χ4v) is 2.65. The predicted molar refractivity (Wildman–Crippen MR) is 115 cm³/mol. The summed E-state index contributed by atoms with van der Waals surface area (Å²) in [5, 5.41) is 2.79. The highest BCUT2D eigenvalue weighted by molar-refractivity contribution is 6.04. The molecule has 0 unspecified atom stereocenters. The Kier molecular flexibility index (Phi) is 8.52. The summed E-state index contributed by atoms with van der Waals surface area (Å²) < 4.78 is 16.3. The minimum Gasteiger partial charge on any atom is -0.493 e. The zero-order valence-corrected chi connectivity index (χ0v) is 17.8. The van der Waals surface area contributed by atoms with Crippen molar-refractivity contribution < 1.29 is 19.0 Å². The number of carbonyl (C=O) groups is 1. The third-order valence-electron chi connectivity index (χ3n) is 4.16. The van der Waals surface area contributed by atoms with Gasteiger partial charge in [0.1, 0.15) is 0 Å². The summed E-state index contributed by atoms with van der Waals surface area (Å²) in [6, 6.07) is 13.4. The summed E-state index contributed by atoms with van der Waals surface area (Å²) >= 11 is 0. The number of amides is 1. The molecule has 156 valence electrons. The average Bonchev–Trinajstić information content (AvgIpc) is 2.71. The first-order chi connectivity index (χ1) is 13.9. The molecule has 0 aliphatic carbocycles. The summed E-state index contributed by atoms with van der Waals surface area (Å²) in [6.45, 7) is 6.98. The summed E-state index contributed by atoms with van der Waals surface area (Å²) in [5.74, 6) is 1.45. The fraction of sp³-hybridized carbons (Fsp3) is 0.391. The van der Waals surface area contributed by atoms with Crippen molar-refractivity contribution in [1.29, 1.82) is 0 Å².